The van der Waals surface area contributed by atoms with Crippen LogP contribution < -0.4 is 0 Å². The highest BCUT2D eigenvalue weighted by Crippen LogP contribution is 1.74. The monoisotopic (exact) mass is 150 g/mol. The molecule has 0 unspecified atom stereocenters. The molecule has 1 rings (SSSR count). The first-order valence-electron chi connectivity index (χ1n) is 1.81. The van der Waals surface area contributed by atoms with Gasteiger partial charge < -0.3 is 10.1 Å². The second-order valence-corrected chi connectivity index (χ2v) is 1.06. The van der Waals surface area contributed by atoms with E-state index in [9.17, 15) is 10.1 Å². The van der Waals surface area contributed by atoms with E-state index >= 15 is 0 Å². The number of hydrogen-bond donors (Lipinski definition) is 0. The van der Waals surface area contributed by atoms with Gasteiger partial charge in [-0.15, -0.1) is 12.4 Å². The fourth-order valence-electron chi connectivity index (χ4n) is 0.289. The van der Waals surface area contributed by atoms with E-state index in [0.717, 1.165) is 6.20 Å². The summed E-state index contributed by atoms with van der Waals surface area (Å²) in [6.45, 7) is 0. The predicted molar refractivity (Wildman–Crippen MR) is 29.7 cm³/mol. The van der Waals surface area contributed by atoms with Gasteiger partial charge in [-0.2, -0.15) is 0 Å². The number of nitrogens with zero attached hydrogens (tertiary/aromatic N) is 4. The molecule has 1 aromatic heterocycles. The lowest BCUT2D eigenvalue weighted by Gasteiger charge is -1.83. The minimum atomic E-state index is -0.674. The van der Waals surface area contributed by atoms with E-state index in [-0.39, 0.29) is 12.4 Å². The number of hydrogen-bond acceptors (Lipinski definition) is 4. The van der Waals surface area contributed by atoms with Gasteiger partial charge in [0.15, 0.2) is 5.21 Å². The Morgan fingerprint density at radius 3 is 2.56 bits per heavy atom. The maximum Gasteiger partial charge on any atom is 0.181 e. The van der Waals surface area contributed by atoms with Gasteiger partial charge in [-0.1, -0.05) is 0 Å². The Labute approximate surface area is 56.0 Å². The third-order valence-electron chi connectivity index (χ3n) is 0.577. The Balaban J connectivity index is 0.000000640. The number of aromatic nitrogens is 3. The smallest absolute Gasteiger partial charge is 0.181 e. The lowest BCUT2D eigenvalue weighted by Crippen LogP contribution is -2.08. The molecular formula is C2H3ClN4O2. The van der Waals surface area contributed by atoms with E-state index in [4.69, 9.17) is 0 Å². The van der Waals surface area contributed by atoms with Crippen molar-refractivity contribution in [3.8, 4) is 0 Å². The van der Waals surface area contributed by atoms with Gasteiger partial charge in [-0.05, 0) is 5.10 Å². The van der Waals surface area contributed by atoms with Crippen LogP contribution in [0.5, 0.6) is 0 Å². The molecule has 50 valence electrons. The van der Waals surface area contributed by atoms with Crippen LogP contribution in [0.25, 0.3) is 0 Å². The van der Waals surface area contributed by atoms with Crippen LogP contribution in [-0.2, 0) is 0 Å². The molecule has 0 fully saturated rings. The van der Waals surface area contributed by atoms with Gasteiger partial charge in [-0.3, -0.25) is 0 Å². The van der Waals surface area contributed by atoms with Gasteiger partial charge in [0.2, 0.25) is 0 Å². The van der Waals surface area contributed by atoms with Gasteiger partial charge in [0.1, 0.15) is 12.4 Å². The molecule has 0 aliphatic carbocycles. The van der Waals surface area contributed by atoms with Crippen molar-refractivity contribution in [2.75, 3.05) is 0 Å². The average Bonchev–Trinajstić information content (AvgIpc) is 2.12. The highest BCUT2D eigenvalue weighted by atomic mass is 35.5. The molecule has 0 atom stereocenters. The normalized spacial score (nSPS) is 8.00. The van der Waals surface area contributed by atoms with E-state index in [0.29, 0.717) is 4.79 Å². The van der Waals surface area contributed by atoms with Crippen LogP contribution in [0, 0.1) is 10.1 Å². The molecule has 9 heavy (non-hydrogen) atoms. The molecule has 0 saturated carbocycles. The zero-order valence-electron chi connectivity index (χ0n) is 4.17. The lowest BCUT2D eigenvalue weighted by molar-refractivity contribution is -0.553. The minimum Gasteiger partial charge on any atom is -0.339 e. The topological polar surface area (TPSA) is 73.8 Å². The first-order chi connectivity index (χ1) is 3.80. The van der Waals surface area contributed by atoms with E-state index in [1.807, 2.05) is 0 Å². The average molecular weight is 151 g/mol. The molecule has 0 bridgehead atoms. The van der Waals surface area contributed by atoms with Crippen molar-refractivity contribution in [1.29, 1.82) is 0 Å². The molecule has 6 nitrogen and oxygen atoms in total. The molecule has 1 heterocycles. The lowest BCUT2D eigenvalue weighted by atomic mass is 11.0. The molecule has 1 aromatic rings. The maximum atomic E-state index is 9.73. The second-order valence-electron chi connectivity index (χ2n) is 1.06. The Morgan fingerprint density at radius 1 is 1.67 bits per heavy atom. The summed E-state index contributed by atoms with van der Waals surface area (Å²) in [7, 11) is 0. The first-order valence-corrected chi connectivity index (χ1v) is 1.81. The summed E-state index contributed by atoms with van der Waals surface area (Å²) in [5.74, 6) is 0. The summed E-state index contributed by atoms with van der Waals surface area (Å²) < 4.78 is 0. The van der Waals surface area contributed by atoms with Crippen LogP contribution in [0.4, 0.5) is 0 Å². The van der Waals surface area contributed by atoms with Gasteiger partial charge in [0, 0.05) is 4.79 Å². The molecule has 0 saturated heterocycles. The molecule has 0 aromatic carbocycles. The summed E-state index contributed by atoms with van der Waals surface area (Å²) in [4.78, 5) is 10.3. The SMILES string of the molecule is Cl.O=[N+]([O-])n1ccnn1. The van der Waals surface area contributed by atoms with Crippen LogP contribution in [0.2, 0.25) is 0 Å². The van der Waals surface area contributed by atoms with Crippen LogP contribution in [0.15, 0.2) is 12.4 Å². The van der Waals surface area contributed by atoms with E-state index in [1.54, 1.807) is 0 Å². The number of nitro groups is 1. The van der Waals surface area contributed by atoms with Crippen molar-refractivity contribution < 1.29 is 5.03 Å². The molecule has 0 N–H and O–H groups in total. The Morgan fingerprint density at radius 2 is 2.33 bits per heavy atom. The van der Waals surface area contributed by atoms with Crippen LogP contribution in [-0.4, -0.2) is 20.1 Å². The molecule has 0 amide bonds. The van der Waals surface area contributed by atoms with E-state index < -0.39 is 5.03 Å². The van der Waals surface area contributed by atoms with Gasteiger partial charge in [0.25, 0.3) is 0 Å². The molecule has 0 radical (unpaired) electrons. The fraction of sp³-hybridized carbons (Fsp3) is 0. The molecule has 0 aliphatic heterocycles. The van der Waals surface area contributed by atoms with Crippen molar-refractivity contribution in [3.63, 3.8) is 0 Å². The van der Waals surface area contributed by atoms with Crippen LogP contribution >= 0.6 is 12.4 Å². The minimum absolute atomic E-state index is 0. The summed E-state index contributed by atoms with van der Waals surface area (Å²) in [6.07, 6.45) is 2.39. The summed E-state index contributed by atoms with van der Waals surface area (Å²) in [6, 6.07) is 0. The molecular weight excluding hydrogens is 148 g/mol. The Kier molecular flexibility index (Phi) is 2.59. The third kappa shape index (κ3) is 1.65. The first kappa shape index (κ1) is 7.83. The summed E-state index contributed by atoms with van der Waals surface area (Å²) >= 11 is 0. The van der Waals surface area contributed by atoms with Crippen LogP contribution in [0.3, 0.4) is 0 Å². The molecule has 0 aliphatic rings. The zero-order valence-corrected chi connectivity index (χ0v) is 4.98. The third-order valence-corrected chi connectivity index (χ3v) is 0.577. The molecule has 7 heteroatoms. The van der Waals surface area contributed by atoms with Gasteiger partial charge in [-0.25, -0.2) is 0 Å². The maximum absolute atomic E-state index is 9.73. The van der Waals surface area contributed by atoms with Crippen molar-refractivity contribution in [1.82, 2.24) is 15.1 Å². The van der Waals surface area contributed by atoms with Crippen LogP contribution in [0.1, 0.15) is 0 Å². The largest absolute Gasteiger partial charge is 0.339 e. The van der Waals surface area contributed by atoms with Crippen molar-refractivity contribution in [3.05, 3.63) is 22.5 Å². The highest BCUT2D eigenvalue weighted by molar-refractivity contribution is 5.85. The standard InChI is InChI=1S/C2H2N4O2.ClH/c7-6(8)5-2-1-3-4-5;/h1-2H;1H. The summed E-state index contributed by atoms with van der Waals surface area (Å²) in [5.41, 5.74) is 0. The van der Waals surface area contributed by atoms with Crippen molar-refractivity contribution in [2.45, 2.75) is 0 Å². The van der Waals surface area contributed by atoms with Crippen molar-refractivity contribution in [2.24, 2.45) is 0 Å². The molecule has 0 spiro atoms. The van der Waals surface area contributed by atoms with E-state index in [2.05, 4.69) is 10.3 Å². The quantitative estimate of drug-likeness (QED) is 0.408. The van der Waals surface area contributed by atoms with Gasteiger partial charge >= 0.3 is 0 Å². The highest BCUT2D eigenvalue weighted by Gasteiger charge is 1.96. The predicted octanol–water partition coefficient (Wildman–Crippen LogP) is -0.260. The number of halogens is 1. The van der Waals surface area contributed by atoms with Gasteiger partial charge in [0.05, 0.1) is 5.03 Å². The zero-order chi connectivity index (χ0) is 5.98. The second kappa shape index (κ2) is 2.98. The van der Waals surface area contributed by atoms with E-state index in [1.165, 1.54) is 6.20 Å². The fourth-order valence-corrected chi connectivity index (χ4v) is 0.289. The summed E-state index contributed by atoms with van der Waals surface area (Å²) in [5, 5.41) is 15.4. The number of rotatable bonds is 1. The Hall–Kier alpha value is -1.17. The van der Waals surface area contributed by atoms with Crippen molar-refractivity contribution >= 4 is 12.4 Å². The Bertz CT molecular complexity index is 184.